The number of carbonyl (C=O) groups excluding carboxylic acids is 1. The number of aromatic nitrogens is 2. The minimum atomic E-state index is -0.945. The van der Waals surface area contributed by atoms with Gasteiger partial charge in [0.05, 0.1) is 16.6 Å². The Morgan fingerprint density at radius 1 is 0.950 bits per heavy atom. The number of aliphatic hydroxyl groups excluding tert-OH is 1. The molecule has 0 aliphatic rings. The number of anilines is 1. The van der Waals surface area contributed by atoms with Gasteiger partial charge >= 0.3 is 12.0 Å². The zero-order valence-electron chi connectivity index (χ0n) is 22.8. The van der Waals surface area contributed by atoms with Crippen LogP contribution in [-0.2, 0) is 13.0 Å². The molecule has 0 saturated heterocycles. The molecule has 1 heterocycles. The number of urea groups is 1. The van der Waals surface area contributed by atoms with Crippen LogP contribution >= 0.6 is 0 Å². The summed E-state index contributed by atoms with van der Waals surface area (Å²) >= 11 is 0. The molecule has 40 heavy (non-hydrogen) atoms. The smallest absolute Gasteiger partial charge is 0.336 e. The molecule has 0 bridgehead atoms. The number of carboxylic acid groups (broad SMARTS) is 1. The highest BCUT2D eigenvalue weighted by atomic mass is 16.4. The molecule has 0 aliphatic heterocycles. The third-order valence-corrected chi connectivity index (χ3v) is 6.72. The van der Waals surface area contributed by atoms with Crippen LogP contribution in [-0.4, -0.2) is 50.4 Å². The van der Waals surface area contributed by atoms with Crippen molar-refractivity contribution in [1.82, 2.24) is 14.9 Å². The monoisotopic (exact) mass is 546 g/mol. The van der Waals surface area contributed by atoms with Crippen molar-refractivity contribution in [1.29, 1.82) is 0 Å². The Kier molecular flexibility index (Phi) is 11.2. The minimum absolute atomic E-state index is 0. The second kappa shape index (κ2) is 14.8. The average Bonchev–Trinajstić information content (AvgIpc) is 3.28. The van der Waals surface area contributed by atoms with Crippen LogP contribution in [0.15, 0.2) is 66.7 Å². The molecule has 1 aromatic heterocycles. The van der Waals surface area contributed by atoms with Gasteiger partial charge in [0.25, 0.3) is 0 Å². The van der Waals surface area contributed by atoms with Crippen LogP contribution in [0.4, 0.5) is 10.5 Å². The molecule has 0 atom stereocenters. The number of unbranched alkanes of at least 4 members (excludes halogenated alkanes) is 3. The summed E-state index contributed by atoms with van der Waals surface area (Å²) in [5.74, 6) is 0.0533. The van der Waals surface area contributed by atoms with Crippen LogP contribution in [0.1, 0.15) is 60.8 Å². The van der Waals surface area contributed by atoms with Crippen LogP contribution < -0.4 is 10.6 Å². The number of hydrogen-bond donors (Lipinski definition) is 4. The van der Waals surface area contributed by atoms with Crippen LogP contribution in [0.2, 0.25) is 0 Å². The number of nitrogens with zero attached hydrogens (tertiary/aromatic N) is 2. The second-order valence-corrected chi connectivity index (χ2v) is 9.63. The normalized spacial score (nSPS) is 10.8. The highest BCUT2D eigenvalue weighted by Gasteiger charge is 2.14. The molecule has 0 spiro atoms. The van der Waals surface area contributed by atoms with Gasteiger partial charge in [0.2, 0.25) is 0 Å². The van der Waals surface area contributed by atoms with E-state index in [0.29, 0.717) is 24.3 Å². The SMILES string of the molecule is CCCCc1nc2ccc(NC(=O)NCCCCCO)cc2n1Cc1ccc(-c2ccccc2C(=O)O)cc1.O. The van der Waals surface area contributed by atoms with Crippen LogP contribution in [0.25, 0.3) is 22.2 Å². The Morgan fingerprint density at radius 2 is 1.73 bits per heavy atom. The van der Waals surface area contributed by atoms with E-state index in [1.165, 1.54) is 0 Å². The highest BCUT2D eigenvalue weighted by Crippen LogP contribution is 2.26. The number of hydrogen-bond acceptors (Lipinski definition) is 4. The van der Waals surface area contributed by atoms with E-state index >= 15 is 0 Å². The lowest BCUT2D eigenvalue weighted by molar-refractivity contribution is 0.0697. The van der Waals surface area contributed by atoms with Crippen LogP contribution in [0.5, 0.6) is 0 Å². The number of benzene rings is 3. The van der Waals surface area contributed by atoms with E-state index in [0.717, 1.165) is 66.5 Å². The number of aliphatic hydroxyl groups is 1. The molecule has 0 aliphatic carbocycles. The van der Waals surface area contributed by atoms with Gasteiger partial charge in [-0.15, -0.1) is 0 Å². The third kappa shape index (κ3) is 7.68. The number of carbonyl (C=O) groups is 2. The second-order valence-electron chi connectivity index (χ2n) is 9.63. The summed E-state index contributed by atoms with van der Waals surface area (Å²) < 4.78 is 2.20. The third-order valence-electron chi connectivity index (χ3n) is 6.72. The first-order chi connectivity index (χ1) is 19.0. The lowest BCUT2D eigenvalue weighted by atomic mass is 9.99. The highest BCUT2D eigenvalue weighted by molar-refractivity contribution is 5.96. The van der Waals surface area contributed by atoms with Gasteiger partial charge < -0.3 is 30.9 Å². The first-order valence-corrected chi connectivity index (χ1v) is 13.6. The van der Waals surface area contributed by atoms with Gasteiger partial charge in [0.15, 0.2) is 0 Å². The average molecular weight is 547 g/mol. The van der Waals surface area contributed by atoms with Crippen molar-refractivity contribution >= 4 is 28.7 Å². The molecule has 2 amide bonds. The maximum Gasteiger partial charge on any atom is 0.336 e. The fraction of sp³-hybridized carbons (Fsp3) is 0.323. The Hall–Kier alpha value is -4.21. The lowest BCUT2D eigenvalue weighted by Crippen LogP contribution is -2.29. The number of rotatable bonds is 13. The van der Waals surface area contributed by atoms with E-state index in [1.54, 1.807) is 12.1 Å². The molecule has 212 valence electrons. The molecule has 9 nitrogen and oxygen atoms in total. The maximum atomic E-state index is 12.4. The van der Waals surface area contributed by atoms with Crippen molar-refractivity contribution in [2.24, 2.45) is 0 Å². The van der Waals surface area contributed by atoms with Crippen LogP contribution in [0.3, 0.4) is 0 Å². The number of aromatic carboxylic acids is 1. The van der Waals surface area contributed by atoms with Crippen molar-refractivity contribution in [3.8, 4) is 11.1 Å². The zero-order chi connectivity index (χ0) is 27.6. The molecular formula is C31H38N4O5. The molecule has 3 aromatic carbocycles. The number of amides is 2. The summed E-state index contributed by atoms with van der Waals surface area (Å²) in [5, 5.41) is 24.2. The fourth-order valence-corrected chi connectivity index (χ4v) is 4.64. The molecule has 9 heteroatoms. The topological polar surface area (TPSA) is 148 Å². The van der Waals surface area contributed by atoms with Gasteiger partial charge in [-0.1, -0.05) is 55.8 Å². The van der Waals surface area contributed by atoms with Gasteiger partial charge in [-0.05, 0) is 66.6 Å². The van der Waals surface area contributed by atoms with Gasteiger partial charge in [-0.25, -0.2) is 14.6 Å². The summed E-state index contributed by atoms with van der Waals surface area (Å²) in [6.07, 6.45) is 5.37. The van der Waals surface area contributed by atoms with Gasteiger partial charge in [0, 0.05) is 31.8 Å². The van der Waals surface area contributed by atoms with Crippen molar-refractivity contribution in [2.45, 2.75) is 52.0 Å². The standard InChI is InChI=1S/C31H36N4O4.H2O/c1-2-3-11-29-34-27-17-16-24(33-31(39)32-18-7-4-8-19-36)20-28(27)35(29)21-22-12-14-23(15-13-22)25-9-5-6-10-26(25)30(37)38;/h5-6,9-10,12-17,20,36H,2-4,7-8,11,18-19,21H2,1H3,(H,37,38)(H2,32,33,39);1H2. The molecule has 4 rings (SSSR count). The quantitative estimate of drug-likeness (QED) is 0.169. The predicted octanol–water partition coefficient (Wildman–Crippen LogP) is 5.25. The van der Waals surface area contributed by atoms with E-state index in [9.17, 15) is 14.7 Å². The number of carboxylic acids is 1. The molecule has 6 N–H and O–H groups in total. The van der Waals surface area contributed by atoms with E-state index in [4.69, 9.17) is 10.1 Å². The summed E-state index contributed by atoms with van der Waals surface area (Å²) in [4.78, 5) is 28.9. The molecular weight excluding hydrogens is 508 g/mol. The summed E-state index contributed by atoms with van der Waals surface area (Å²) in [5.41, 5.74) is 5.41. The van der Waals surface area contributed by atoms with Gasteiger partial charge in [-0.3, -0.25) is 0 Å². The Balaban J connectivity index is 0.00000441. The fourth-order valence-electron chi connectivity index (χ4n) is 4.64. The van der Waals surface area contributed by atoms with Crippen molar-refractivity contribution < 1.29 is 25.3 Å². The number of aryl methyl sites for hydroxylation is 1. The lowest BCUT2D eigenvalue weighted by Gasteiger charge is -2.12. The molecule has 4 aromatic rings. The summed E-state index contributed by atoms with van der Waals surface area (Å²) in [7, 11) is 0. The van der Waals surface area contributed by atoms with Crippen molar-refractivity contribution in [2.75, 3.05) is 18.5 Å². The largest absolute Gasteiger partial charge is 0.478 e. The molecule has 0 saturated carbocycles. The summed E-state index contributed by atoms with van der Waals surface area (Å²) in [6, 6.07) is 20.5. The first-order valence-electron chi connectivity index (χ1n) is 13.6. The Bertz CT molecular complexity index is 1420. The Morgan fingerprint density at radius 3 is 2.45 bits per heavy atom. The zero-order valence-corrected chi connectivity index (χ0v) is 22.8. The minimum Gasteiger partial charge on any atom is -0.478 e. The molecule has 0 radical (unpaired) electrons. The molecule has 0 fully saturated rings. The van der Waals surface area contributed by atoms with Crippen molar-refractivity contribution in [3.05, 3.63) is 83.7 Å². The van der Waals surface area contributed by atoms with E-state index in [-0.39, 0.29) is 23.7 Å². The Labute approximate surface area is 234 Å². The van der Waals surface area contributed by atoms with Gasteiger partial charge in [-0.2, -0.15) is 0 Å². The van der Waals surface area contributed by atoms with E-state index < -0.39 is 5.97 Å². The van der Waals surface area contributed by atoms with E-state index in [1.807, 2.05) is 54.6 Å². The first kappa shape index (κ1) is 30.3. The predicted molar refractivity (Wildman–Crippen MR) is 158 cm³/mol. The van der Waals surface area contributed by atoms with E-state index in [2.05, 4.69) is 22.1 Å². The maximum absolute atomic E-state index is 12.4. The number of fused-ring (bicyclic) bond motifs is 1. The number of imidazole rings is 1. The van der Waals surface area contributed by atoms with Gasteiger partial charge in [0.1, 0.15) is 5.82 Å². The van der Waals surface area contributed by atoms with Crippen LogP contribution in [0, 0.1) is 0 Å². The summed E-state index contributed by atoms with van der Waals surface area (Å²) in [6.45, 7) is 3.49. The number of nitrogens with one attached hydrogen (secondary N) is 2. The van der Waals surface area contributed by atoms with Crippen molar-refractivity contribution in [3.63, 3.8) is 0 Å². The molecule has 0 unspecified atom stereocenters.